The molecule has 0 saturated carbocycles. The van der Waals surface area contributed by atoms with Crippen LogP contribution in [-0.2, 0) is 4.79 Å². The third kappa shape index (κ3) is 5.46. The monoisotopic (exact) mass is 207 g/mol. The van der Waals surface area contributed by atoms with E-state index in [1.54, 1.807) is 29.8 Å². The van der Waals surface area contributed by atoms with E-state index in [0.29, 0.717) is 6.42 Å². The first-order valence-electron chi connectivity index (χ1n) is 4.69. The van der Waals surface area contributed by atoms with E-state index >= 15 is 0 Å². The molecule has 0 unspecified atom stereocenters. The SMILES string of the molecule is C=C.C=CN1CCCC1=O.c1c[nH]cn1. The van der Waals surface area contributed by atoms with Crippen LogP contribution in [0.3, 0.4) is 0 Å². The molecule has 1 N–H and O–H groups in total. The number of H-pyrrole nitrogens is 1. The molecule has 1 aliphatic heterocycles. The predicted octanol–water partition coefficient (Wildman–Crippen LogP) is 1.96. The number of aromatic amines is 1. The van der Waals surface area contributed by atoms with Crippen LogP contribution in [0.5, 0.6) is 0 Å². The number of hydrogen-bond acceptors (Lipinski definition) is 2. The van der Waals surface area contributed by atoms with Crippen molar-refractivity contribution in [3.63, 3.8) is 0 Å². The Kier molecular flexibility index (Phi) is 7.67. The van der Waals surface area contributed by atoms with Crippen molar-refractivity contribution in [3.05, 3.63) is 44.7 Å². The minimum Gasteiger partial charge on any atom is -0.351 e. The van der Waals surface area contributed by atoms with E-state index in [1.807, 2.05) is 0 Å². The summed E-state index contributed by atoms with van der Waals surface area (Å²) in [4.78, 5) is 18.7. The van der Waals surface area contributed by atoms with E-state index in [-0.39, 0.29) is 5.91 Å². The fourth-order valence-corrected chi connectivity index (χ4v) is 1.08. The van der Waals surface area contributed by atoms with Gasteiger partial charge in [-0.3, -0.25) is 4.79 Å². The molecule has 0 aliphatic carbocycles. The smallest absolute Gasteiger partial charge is 0.226 e. The van der Waals surface area contributed by atoms with Gasteiger partial charge < -0.3 is 9.88 Å². The second-order valence-corrected chi connectivity index (χ2v) is 2.63. The van der Waals surface area contributed by atoms with Crippen LogP contribution in [0, 0.1) is 0 Å². The zero-order valence-electron chi connectivity index (χ0n) is 8.85. The Bertz CT molecular complexity index is 252. The summed E-state index contributed by atoms with van der Waals surface area (Å²) >= 11 is 0. The Morgan fingerprint density at radius 2 is 2.27 bits per heavy atom. The summed E-state index contributed by atoms with van der Waals surface area (Å²) in [5, 5.41) is 0. The van der Waals surface area contributed by atoms with Crippen LogP contribution in [0.25, 0.3) is 0 Å². The summed E-state index contributed by atoms with van der Waals surface area (Å²) in [5.41, 5.74) is 0. The normalized spacial score (nSPS) is 13.3. The molecule has 0 radical (unpaired) electrons. The van der Waals surface area contributed by atoms with E-state index < -0.39 is 0 Å². The average molecular weight is 207 g/mol. The van der Waals surface area contributed by atoms with Crippen molar-refractivity contribution in [2.24, 2.45) is 0 Å². The van der Waals surface area contributed by atoms with Gasteiger partial charge in [-0.2, -0.15) is 0 Å². The van der Waals surface area contributed by atoms with Crippen molar-refractivity contribution < 1.29 is 4.79 Å². The van der Waals surface area contributed by atoms with Gasteiger partial charge in [0, 0.05) is 25.4 Å². The van der Waals surface area contributed by atoms with Crippen LogP contribution in [0.1, 0.15) is 12.8 Å². The van der Waals surface area contributed by atoms with Gasteiger partial charge in [-0.15, -0.1) is 13.2 Å². The topological polar surface area (TPSA) is 49.0 Å². The Morgan fingerprint density at radius 1 is 1.53 bits per heavy atom. The molecule has 4 nitrogen and oxygen atoms in total. The molecule has 1 aromatic rings. The van der Waals surface area contributed by atoms with Crippen LogP contribution < -0.4 is 0 Å². The summed E-state index contributed by atoms with van der Waals surface area (Å²) in [6.45, 7) is 10.4. The lowest BCUT2D eigenvalue weighted by Gasteiger charge is -2.05. The van der Waals surface area contributed by atoms with Crippen molar-refractivity contribution in [1.82, 2.24) is 14.9 Å². The van der Waals surface area contributed by atoms with Crippen LogP contribution in [0.4, 0.5) is 0 Å². The van der Waals surface area contributed by atoms with Crippen LogP contribution in [-0.4, -0.2) is 27.3 Å². The summed E-state index contributed by atoms with van der Waals surface area (Å²) in [6.07, 6.45) is 8.37. The average Bonchev–Trinajstić information content (AvgIpc) is 2.94. The van der Waals surface area contributed by atoms with Crippen molar-refractivity contribution >= 4 is 5.91 Å². The van der Waals surface area contributed by atoms with Crippen molar-refractivity contribution in [2.75, 3.05) is 6.54 Å². The number of likely N-dealkylation sites (tertiary alicyclic amines) is 1. The van der Waals surface area contributed by atoms with Gasteiger partial charge in [-0.25, -0.2) is 4.98 Å². The fraction of sp³-hybridized carbons (Fsp3) is 0.273. The molecule has 82 valence electrons. The van der Waals surface area contributed by atoms with E-state index in [2.05, 4.69) is 29.7 Å². The number of imidazole rings is 1. The maximum Gasteiger partial charge on any atom is 0.226 e. The molecule has 1 fully saturated rings. The number of hydrogen-bond donors (Lipinski definition) is 1. The minimum absolute atomic E-state index is 0.208. The van der Waals surface area contributed by atoms with E-state index in [4.69, 9.17) is 0 Å². The lowest BCUT2D eigenvalue weighted by Crippen LogP contribution is -2.16. The molecule has 0 bridgehead atoms. The van der Waals surface area contributed by atoms with Gasteiger partial charge in [0.25, 0.3) is 0 Å². The van der Waals surface area contributed by atoms with E-state index in [9.17, 15) is 4.79 Å². The molecular formula is C11H17N3O. The minimum atomic E-state index is 0.208. The third-order valence-electron chi connectivity index (χ3n) is 1.74. The molecule has 0 spiro atoms. The molecule has 2 rings (SSSR count). The molecule has 1 amide bonds. The number of nitrogens with zero attached hydrogens (tertiary/aromatic N) is 2. The van der Waals surface area contributed by atoms with E-state index in [1.165, 1.54) is 0 Å². The highest BCUT2D eigenvalue weighted by molar-refractivity contribution is 5.78. The number of rotatable bonds is 1. The summed E-state index contributed by atoms with van der Waals surface area (Å²) in [6, 6.07) is 0. The van der Waals surface area contributed by atoms with E-state index in [0.717, 1.165) is 13.0 Å². The first kappa shape index (κ1) is 13.2. The second kappa shape index (κ2) is 8.74. The highest BCUT2D eigenvalue weighted by Gasteiger charge is 2.15. The number of carbonyl (C=O) groups is 1. The molecule has 1 aliphatic rings. The summed E-state index contributed by atoms with van der Waals surface area (Å²) in [5.74, 6) is 0.208. The molecule has 4 heteroatoms. The Morgan fingerprint density at radius 3 is 2.47 bits per heavy atom. The maximum absolute atomic E-state index is 10.7. The summed E-state index contributed by atoms with van der Waals surface area (Å²) < 4.78 is 0. The largest absolute Gasteiger partial charge is 0.351 e. The first-order chi connectivity index (χ1) is 7.34. The van der Waals surface area contributed by atoms with Gasteiger partial charge in [0.1, 0.15) is 0 Å². The summed E-state index contributed by atoms with van der Waals surface area (Å²) in [7, 11) is 0. The van der Waals surface area contributed by atoms with Gasteiger partial charge in [-0.1, -0.05) is 6.58 Å². The molecule has 2 heterocycles. The highest BCUT2D eigenvalue weighted by Crippen LogP contribution is 2.08. The van der Waals surface area contributed by atoms with Gasteiger partial charge in [0.2, 0.25) is 5.91 Å². The lowest BCUT2D eigenvalue weighted by molar-refractivity contribution is -0.125. The van der Waals surface area contributed by atoms with Gasteiger partial charge >= 0.3 is 0 Å². The second-order valence-electron chi connectivity index (χ2n) is 2.63. The fourth-order valence-electron chi connectivity index (χ4n) is 1.08. The van der Waals surface area contributed by atoms with Crippen LogP contribution >= 0.6 is 0 Å². The molecule has 0 aromatic carbocycles. The first-order valence-corrected chi connectivity index (χ1v) is 4.69. The quantitative estimate of drug-likeness (QED) is 0.716. The zero-order valence-corrected chi connectivity index (χ0v) is 8.85. The molecule has 0 atom stereocenters. The van der Waals surface area contributed by atoms with Gasteiger partial charge in [-0.05, 0) is 12.6 Å². The number of amides is 1. The standard InChI is InChI=1S/C6H9NO.C3H4N2.C2H4/c1-2-7-5-3-4-6(7)8;1-2-5-3-4-1;1-2/h2H,1,3-5H2;1-3H,(H,4,5);1-2H2. The Hall–Kier alpha value is -1.84. The zero-order chi connectivity index (χ0) is 11.5. The molecular weight excluding hydrogens is 190 g/mol. The number of nitrogens with one attached hydrogen (secondary N) is 1. The number of aromatic nitrogens is 2. The maximum atomic E-state index is 10.7. The van der Waals surface area contributed by atoms with Crippen molar-refractivity contribution in [3.8, 4) is 0 Å². The Labute approximate surface area is 90.3 Å². The van der Waals surface area contributed by atoms with Crippen LogP contribution in [0.2, 0.25) is 0 Å². The molecule has 15 heavy (non-hydrogen) atoms. The van der Waals surface area contributed by atoms with Gasteiger partial charge in [0.05, 0.1) is 6.33 Å². The highest BCUT2D eigenvalue weighted by atomic mass is 16.2. The third-order valence-corrected chi connectivity index (χ3v) is 1.74. The molecule has 1 aromatic heterocycles. The lowest BCUT2D eigenvalue weighted by atomic mass is 10.4. The predicted molar refractivity (Wildman–Crippen MR) is 61.0 cm³/mol. The van der Waals surface area contributed by atoms with Crippen LogP contribution in [0.15, 0.2) is 44.7 Å². The molecule has 1 saturated heterocycles. The van der Waals surface area contributed by atoms with Crippen molar-refractivity contribution in [2.45, 2.75) is 12.8 Å². The van der Waals surface area contributed by atoms with Crippen molar-refractivity contribution in [1.29, 1.82) is 0 Å². The van der Waals surface area contributed by atoms with Gasteiger partial charge in [0.15, 0.2) is 0 Å². The number of carbonyl (C=O) groups excluding carboxylic acids is 1. The Balaban J connectivity index is 0.000000241.